The summed E-state index contributed by atoms with van der Waals surface area (Å²) in [6.45, 7) is 1.87. The molecule has 1 N–H and O–H groups in total. The zero-order chi connectivity index (χ0) is 18.9. The minimum absolute atomic E-state index is 0.0504. The number of aryl methyl sites for hydroxylation is 1. The summed E-state index contributed by atoms with van der Waals surface area (Å²) >= 11 is 11.6. The van der Waals surface area contributed by atoms with E-state index in [0.29, 0.717) is 11.4 Å². The van der Waals surface area contributed by atoms with Crippen molar-refractivity contribution in [1.82, 2.24) is 9.78 Å². The van der Waals surface area contributed by atoms with Crippen LogP contribution in [0.5, 0.6) is 0 Å². The lowest BCUT2D eigenvalue weighted by atomic mass is 10.2. The van der Waals surface area contributed by atoms with Crippen LogP contribution in [0.25, 0.3) is 5.69 Å². The first-order chi connectivity index (χ1) is 12.3. The van der Waals surface area contributed by atoms with E-state index in [4.69, 9.17) is 23.2 Å². The number of nitrogens with zero attached hydrogens (tertiary/aromatic N) is 2. The molecule has 1 aromatic heterocycles. The average molecular weight is 410 g/mol. The summed E-state index contributed by atoms with van der Waals surface area (Å²) in [7, 11) is -3.76. The number of rotatable bonds is 4. The van der Waals surface area contributed by atoms with Crippen LogP contribution >= 0.6 is 23.2 Å². The lowest BCUT2D eigenvalue weighted by molar-refractivity contribution is 0.601. The Labute approximate surface area is 160 Å². The van der Waals surface area contributed by atoms with E-state index in [9.17, 15) is 13.2 Å². The van der Waals surface area contributed by atoms with Gasteiger partial charge in [0, 0.05) is 5.69 Å². The second kappa shape index (κ2) is 7.11. The van der Waals surface area contributed by atoms with Gasteiger partial charge in [0.05, 0.1) is 21.8 Å². The van der Waals surface area contributed by atoms with E-state index >= 15 is 0 Å². The fourth-order valence-electron chi connectivity index (χ4n) is 2.29. The molecule has 1 heterocycles. The fourth-order valence-corrected chi connectivity index (χ4v) is 3.59. The number of hydrogen-bond donors (Lipinski definition) is 1. The molecule has 0 radical (unpaired) electrons. The van der Waals surface area contributed by atoms with Gasteiger partial charge in [0.2, 0.25) is 0 Å². The van der Waals surface area contributed by atoms with E-state index in [1.54, 1.807) is 18.2 Å². The summed E-state index contributed by atoms with van der Waals surface area (Å²) in [5, 5.41) is 3.80. The monoisotopic (exact) mass is 409 g/mol. The lowest BCUT2D eigenvalue weighted by Gasteiger charge is -2.10. The molecule has 3 aromatic rings. The molecule has 0 atom stereocenters. The number of nitrogens with one attached hydrogen (secondary N) is 1. The van der Waals surface area contributed by atoms with Gasteiger partial charge >= 0.3 is 0 Å². The summed E-state index contributed by atoms with van der Waals surface area (Å²) < 4.78 is 28.5. The van der Waals surface area contributed by atoms with E-state index in [1.165, 1.54) is 30.5 Å². The Kier molecular flexibility index (Phi) is 5.04. The summed E-state index contributed by atoms with van der Waals surface area (Å²) in [4.78, 5) is 12.2. The molecule has 0 saturated heterocycles. The van der Waals surface area contributed by atoms with Crippen LogP contribution in [-0.4, -0.2) is 18.2 Å². The smallest absolute Gasteiger partial charge is 0.280 e. The van der Waals surface area contributed by atoms with E-state index < -0.39 is 15.6 Å². The average Bonchev–Trinajstić information content (AvgIpc) is 2.60. The van der Waals surface area contributed by atoms with Crippen molar-refractivity contribution in [3.8, 4) is 5.69 Å². The molecule has 0 aliphatic carbocycles. The van der Waals surface area contributed by atoms with Gasteiger partial charge in [0.25, 0.3) is 15.6 Å². The molecule has 0 bridgehead atoms. The van der Waals surface area contributed by atoms with E-state index in [-0.39, 0.29) is 14.9 Å². The van der Waals surface area contributed by atoms with Gasteiger partial charge < -0.3 is 0 Å². The molecule has 26 heavy (non-hydrogen) atoms. The molecule has 6 nitrogen and oxygen atoms in total. The molecular formula is C17H13Cl2N3O3S. The Bertz CT molecular complexity index is 1130. The van der Waals surface area contributed by atoms with Gasteiger partial charge in [-0.25, -0.2) is 8.42 Å². The van der Waals surface area contributed by atoms with Gasteiger partial charge in [0.15, 0.2) is 0 Å². The van der Waals surface area contributed by atoms with Gasteiger partial charge in [-0.05, 0) is 48.9 Å². The lowest BCUT2D eigenvalue weighted by Crippen LogP contribution is -2.21. The molecule has 0 spiro atoms. The third-order valence-corrected chi connectivity index (χ3v) is 5.68. The Morgan fingerprint density at radius 1 is 1.08 bits per heavy atom. The predicted octanol–water partition coefficient (Wildman–Crippen LogP) is 3.65. The topological polar surface area (TPSA) is 81.1 Å². The Hall–Kier alpha value is -2.35. The van der Waals surface area contributed by atoms with Crippen LogP contribution in [0, 0.1) is 6.92 Å². The molecule has 3 rings (SSSR count). The van der Waals surface area contributed by atoms with Crippen LogP contribution in [0.3, 0.4) is 0 Å². The first-order valence-electron chi connectivity index (χ1n) is 7.41. The van der Waals surface area contributed by atoms with Gasteiger partial charge in [0.1, 0.15) is 5.02 Å². The zero-order valence-corrected chi connectivity index (χ0v) is 15.8. The van der Waals surface area contributed by atoms with Crippen LogP contribution in [-0.2, 0) is 10.0 Å². The maximum Gasteiger partial charge on any atom is 0.291 e. The van der Waals surface area contributed by atoms with E-state index in [1.807, 2.05) is 13.0 Å². The van der Waals surface area contributed by atoms with Crippen molar-refractivity contribution in [1.29, 1.82) is 0 Å². The SMILES string of the molecule is Cc1cccc(NS(=O)(=O)c2ccc(-n3ncc(Cl)c(Cl)c3=O)cc2)c1. The van der Waals surface area contributed by atoms with Gasteiger partial charge in [-0.3, -0.25) is 9.52 Å². The second-order valence-electron chi connectivity index (χ2n) is 5.49. The van der Waals surface area contributed by atoms with Crippen LogP contribution in [0.4, 0.5) is 5.69 Å². The predicted molar refractivity (Wildman–Crippen MR) is 102 cm³/mol. The molecule has 9 heteroatoms. The molecule has 0 amide bonds. The quantitative estimate of drug-likeness (QED) is 0.712. The number of hydrogen-bond acceptors (Lipinski definition) is 4. The van der Waals surface area contributed by atoms with Crippen molar-refractivity contribution in [2.75, 3.05) is 4.72 Å². The highest BCUT2D eigenvalue weighted by molar-refractivity contribution is 7.92. The van der Waals surface area contributed by atoms with Crippen molar-refractivity contribution in [3.63, 3.8) is 0 Å². The zero-order valence-electron chi connectivity index (χ0n) is 13.5. The highest BCUT2D eigenvalue weighted by Gasteiger charge is 2.15. The molecule has 2 aromatic carbocycles. The number of halogens is 2. The molecule has 0 saturated carbocycles. The Morgan fingerprint density at radius 2 is 1.77 bits per heavy atom. The molecule has 134 valence electrons. The normalized spacial score (nSPS) is 11.3. The third-order valence-electron chi connectivity index (χ3n) is 3.54. The van der Waals surface area contributed by atoms with Crippen molar-refractivity contribution >= 4 is 38.9 Å². The summed E-state index contributed by atoms with van der Waals surface area (Å²) in [5.41, 5.74) is 1.18. The number of anilines is 1. The van der Waals surface area contributed by atoms with Crippen LogP contribution in [0.2, 0.25) is 10.0 Å². The number of benzene rings is 2. The maximum atomic E-state index is 12.5. The van der Waals surface area contributed by atoms with Crippen LogP contribution < -0.4 is 10.3 Å². The van der Waals surface area contributed by atoms with Gasteiger partial charge in [-0.1, -0.05) is 35.3 Å². The first-order valence-corrected chi connectivity index (χ1v) is 9.65. The minimum atomic E-state index is -3.76. The number of aromatic nitrogens is 2. The molecular weight excluding hydrogens is 397 g/mol. The summed E-state index contributed by atoms with van der Waals surface area (Å²) in [6.07, 6.45) is 1.25. The Morgan fingerprint density at radius 3 is 2.42 bits per heavy atom. The van der Waals surface area contributed by atoms with Gasteiger partial charge in [-0.2, -0.15) is 9.78 Å². The van der Waals surface area contributed by atoms with Gasteiger partial charge in [-0.15, -0.1) is 0 Å². The summed E-state index contributed by atoms with van der Waals surface area (Å²) in [5.74, 6) is 0. The van der Waals surface area contributed by atoms with Crippen LogP contribution in [0.1, 0.15) is 5.56 Å². The van der Waals surface area contributed by atoms with Crippen LogP contribution in [0.15, 0.2) is 64.4 Å². The van der Waals surface area contributed by atoms with Crippen molar-refractivity contribution in [2.24, 2.45) is 0 Å². The van der Waals surface area contributed by atoms with Crippen molar-refractivity contribution in [3.05, 3.63) is 80.7 Å². The van der Waals surface area contributed by atoms with E-state index in [0.717, 1.165) is 10.2 Å². The van der Waals surface area contributed by atoms with Crippen molar-refractivity contribution in [2.45, 2.75) is 11.8 Å². The molecule has 0 aliphatic heterocycles. The fraction of sp³-hybridized carbons (Fsp3) is 0.0588. The molecule has 0 aliphatic rings. The Balaban J connectivity index is 1.92. The van der Waals surface area contributed by atoms with Crippen molar-refractivity contribution < 1.29 is 8.42 Å². The standard InChI is InChI=1S/C17H13Cl2N3O3S/c1-11-3-2-4-12(9-11)21-26(24,25)14-7-5-13(6-8-14)22-17(23)16(19)15(18)10-20-22/h2-10,21H,1H3. The highest BCUT2D eigenvalue weighted by atomic mass is 35.5. The minimum Gasteiger partial charge on any atom is -0.280 e. The third kappa shape index (κ3) is 3.75. The highest BCUT2D eigenvalue weighted by Crippen LogP contribution is 2.19. The van der Waals surface area contributed by atoms with E-state index in [2.05, 4.69) is 9.82 Å². The number of sulfonamides is 1. The molecule has 0 fully saturated rings. The summed E-state index contributed by atoms with van der Waals surface area (Å²) in [6, 6.07) is 12.7. The molecule has 0 unspecified atom stereocenters. The first kappa shape index (κ1) is 18.4. The second-order valence-corrected chi connectivity index (χ2v) is 7.96. The maximum absolute atomic E-state index is 12.5. The largest absolute Gasteiger partial charge is 0.291 e.